The Labute approximate surface area is 105 Å². The van der Waals surface area contributed by atoms with Gasteiger partial charge in [-0.1, -0.05) is 12.5 Å². The Bertz CT molecular complexity index is 280. The molecule has 1 amide bonds. The molecule has 1 fully saturated rings. The van der Waals surface area contributed by atoms with Crippen LogP contribution in [0, 0.1) is 11.8 Å². The Morgan fingerprint density at radius 1 is 1.47 bits per heavy atom. The minimum Gasteiger partial charge on any atom is -0.334 e. The molecule has 1 aliphatic carbocycles. The number of rotatable bonds is 4. The van der Waals surface area contributed by atoms with Crippen LogP contribution in [0.1, 0.15) is 40.0 Å². The highest BCUT2D eigenvalue weighted by Crippen LogP contribution is 2.33. The van der Waals surface area contributed by atoms with Crippen molar-refractivity contribution in [3.8, 4) is 0 Å². The lowest BCUT2D eigenvalue weighted by Gasteiger charge is -2.37. The number of carbonyl (C=O) groups excluding carboxylic acids is 1. The fourth-order valence-electron chi connectivity index (χ4n) is 2.67. The zero-order valence-corrected chi connectivity index (χ0v) is 11.4. The molecule has 98 valence electrons. The number of nitrogens with two attached hydrogens (primary N) is 1. The molecule has 1 saturated carbocycles. The summed E-state index contributed by atoms with van der Waals surface area (Å²) in [6.45, 7) is 11.2. The van der Waals surface area contributed by atoms with E-state index >= 15 is 0 Å². The van der Waals surface area contributed by atoms with Crippen LogP contribution in [0.5, 0.6) is 0 Å². The Hall–Kier alpha value is -0.830. The van der Waals surface area contributed by atoms with Crippen LogP contribution in [-0.4, -0.2) is 29.4 Å². The van der Waals surface area contributed by atoms with Crippen molar-refractivity contribution in [3.63, 3.8) is 0 Å². The number of carbonyl (C=O) groups is 1. The third-order valence-corrected chi connectivity index (χ3v) is 3.67. The van der Waals surface area contributed by atoms with Crippen molar-refractivity contribution in [3.05, 3.63) is 12.7 Å². The fourth-order valence-corrected chi connectivity index (χ4v) is 2.67. The number of amides is 1. The molecule has 0 heterocycles. The van der Waals surface area contributed by atoms with E-state index in [1.807, 2.05) is 4.90 Å². The second-order valence-corrected chi connectivity index (χ2v) is 5.94. The average Bonchev–Trinajstić information content (AvgIpc) is 2.71. The van der Waals surface area contributed by atoms with E-state index in [0.29, 0.717) is 19.0 Å². The molecule has 2 N–H and O–H groups in total. The van der Waals surface area contributed by atoms with Gasteiger partial charge in [-0.3, -0.25) is 4.79 Å². The number of nitrogens with zero attached hydrogens (tertiary/aromatic N) is 1. The summed E-state index contributed by atoms with van der Waals surface area (Å²) in [4.78, 5) is 14.5. The van der Waals surface area contributed by atoms with Crippen LogP contribution in [0.4, 0.5) is 0 Å². The van der Waals surface area contributed by atoms with Gasteiger partial charge in [-0.05, 0) is 46.1 Å². The van der Waals surface area contributed by atoms with Gasteiger partial charge in [0, 0.05) is 18.0 Å². The van der Waals surface area contributed by atoms with E-state index in [0.717, 1.165) is 19.3 Å². The first kappa shape index (κ1) is 14.2. The van der Waals surface area contributed by atoms with Gasteiger partial charge < -0.3 is 10.6 Å². The summed E-state index contributed by atoms with van der Waals surface area (Å²) in [6, 6.07) is 0. The molecular formula is C14H26N2O. The lowest BCUT2D eigenvalue weighted by atomic mass is 9.92. The second kappa shape index (κ2) is 5.67. The molecule has 2 atom stereocenters. The molecule has 17 heavy (non-hydrogen) atoms. The Morgan fingerprint density at radius 2 is 2.12 bits per heavy atom. The van der Waals surface area contributed by atoms with Gasteiger partial charge in [0.05, 0.1) is 0 Å². The van der Waals surface area contributed by atoms with Crippen LogP contribution in [0.2, 0.25) is 0 Å². The summed E-state index contributed by atoms with van der Waals surface area (Å²) in [5.41, 5.74) is 5.61. The maximum atomic E-state index is 12.6. The lowest BCUT2D eigenvalue weighted by molar-refractivity contribution is -0.140. The molecule has 1 rings (SSSR count). The van der Waals surface area contributed by atoms with E-state index in [2.05, 4.69) is 27.4 Å². The van der Waals surface area contributed by atoms with Crippen molar-refractivity contribution in [2.75, 3.05) is 13.1 Å². The summed E-state index contributed by atoms with van der Waals surface area (Å²) in [5.74, 6) is 0.752. The molecule has 0 aliphatic heterocycles. The fraction of sp³-hybridized carbons (Fsp3) is 0.786. The van der Waals surface area contributed by atoms with Gasteiger partial charge in [0.1, 0.15) is 0 Å². The van der Waals surface area contributed by atoms with E-state index < -0.39 is 0 Å². The van der Waals surface area contributed by atoms with Crippen molar-refractivity contribution >= 4 is 5.91 Å². The normalized spacial score (nSPS) is 24.7. The van der Waals surface area contributed by atoms with E-state index in [1.165, 1.54) is 0 Å². The van der Waals surface area contributed by atoms with Crippen molar-refractivity contribution in [1.82, 2.24) is 4.90 Å². The second-order valence-electron chi connectivity index (χ2n) is 5.94. The van der Waals surface area contributed by atoms with Crippen molar-refractivity contribution in [2.24, 2.45) is 17.6 Å². The third-order valence-electron chi connectivity index (χ3n) is 3.67. The van der Waals surface area contributed by atoms with E-state index in [-0.39, 0.29) is 17.4 Å². The monoisotopic (exact) mass is 238 g/mol. The summed E-state index contributed by atoms with van der Waals surface area (Å²) < 4.78 is 0. The molecule has 3 heteroatoms. The molecule has 0 spiro atoms. The van der Waals surface area contributed by atoms with Gasteiger partial charge in [-0.15, -0.1) is 6.58 Å². The minimum atomic E-state index is -0.146. The maximum Gasteiger partial charge on any atom is 0.226 e. The number of hydrogen-bond acceptors (Lipinski definition) is 2. The summed E-state index contributed by atoms with van der Waals surface area (Å²) in [7, 11) is 0. The zero-order chi connectivity index (χ0) is 13.1. The quantitative estimate of drug-likeness (QED) is 0.763. The molecule has 2 unspecified atom stereocenters. The van der Waals surface area contributed by atoms with Crippen molar-refractivity contribution in [1.29, 1.82) is 0 Å². The van der Waals surface area contributed by atoms with Crippen LogP contribution in [0.25, 0.3) is 0 Å². The minimum absolute atomic E-state index is 0.124. The van der Waals surface area contributed by atoms with Crippen LogP contribution in [-0.2, 0) is 4.79 Å². The van der Waals surface area contributed by atoms with Crippen LogP contribution in [0.15, 0.2) is 12.7 Å². The molecule has 0 aromatic carbocycles. The highest BCUT2D eigenvalue weighted by molar-refractivity contribution is 5.80. The first-order chi connectivity index (χ1) is 7.91. The maximum absolute atomic E-state index is 12.6. The Morgan fingerprint density at radius 3 is 2.59 bits per heavy atom. The Kier molecular flexibility index (Phi) is 4.75. The SMILES string of the molecule is C=CCN(C(=O)C1CCCC1CN)C(C)(C)C. The summed E-state index contributed by atoms with van der Waals surface area (Å²) in [5, 5.41) is 0. The first-order valence-electron chi connectivity index (χ1n) is 6.54. The van der Waals surface area contributed by atoms with E-state index in [1.54, 1.807) is 6.08 Å². The molecule has 0 aromatic rings. The van der Waals surface area contributed by atoms with Crippen LogP contribution < -0.4 is 5.73 Å². The molecule has 0 aromatic heterocycles. The lowest BCUT2D eigenvalue weighted by Crippen LogP contribution is -2.49. The largest absolute Gasteiger partial charge is 0.334 e. The van der Waals surface area contributed by atoms with Crippen LogP contribution in [0.3, 0.4) is 0 Å². The Balaban J connectivity index is 2.80. The highest BCUT2D eigenvalue weighted by Gasteiger charge is 2.37. The first-order valence-corrected chi connectivity index (χ1v) is 6.54. The highest BCUT2D eigenvalue weighted by atomic mass is 16.2. The number of hydrogen-bond donors (Lipinski definition) is 1. The van der Waals surface area contributed by atoms with Gasteiger partial charge in [0.25, 0.3) is 0 Å². The molecule has 1 aliphatic rings. The van der Waals surface area contributed by atoms with Gasteiger partial charge in [0.15, 0.2) is 0 Å². The summed E-state index contributed by atoms with van der Waals surface area (Å²) in [6.07, 6.45) is 5.02. The summed E-state index contributed by atoms with van der Waals surface area (Å²) >= 11 is 0. The zero-order valence-electron chi connectivity index (χ0n) is 11.4. The van der Waals surface area contributed by atoms with Crippen molar-refractivity contribution in [2.45, 2.75) is 45.6 Å². The van der Waals surface area contributed by atoms with Gasteiger partial charge in [-0.2, -0.15) is 0 Å². The van der Waals surface area contributed by atoms with Gasteiger partial charge in [-0.25, -0.2) is 0 Å². The molecule has 3 nitrogen and oxygen atoms in total. The van der Waals surface area contributed by atoms with Gasteiger partial charge in [0.2, 0.25) is 5.91 Å². The topological polar surface area (TPSA) is 46.3 Å². The van der Waals surface area contributed by atoms with E-state index in [9.17, 15) is 4.79 Å². The smallest absolute Gasteiger partial charge is 0.226 e. The van der Waals surface area contributed by atoms with E-state index in [4.69, 9.17) is 5.73 Å². The molecule has 0 radical (unpaired) electrons. The standard InChI is InChI=1S/C14H26N2O/c1-5-9-16(14(2,3)4)13(17)12-8-6-7-11(12)10-15/h5,11-12H,1,6-10,15H2,2-4H3. The predicted molar refractivity (Wildman–Crippen MR) is 71.5 cm³/mol. The molecule has 0 saturated heterocycles. The third kappa shape index (κ3) is 3.32. The molecular weight excluding hydrogens is 212 g/mol. The predicted octanol–water partition coefficient (Wildman–Crippen LogP) is 2.17. The van der Waals surface area contributed by atoms with Gasteiger partial charge >= 0.3 is 0 Å². The average molecular weight is 238 g/mol. The van der Waals surface area contributed by atoms with Crippen molar-refractivity contribution < 1.29 is 4.79 Å². The van der Waals surface area contributed by atoms with Crippen LogP contribution >= 0.6 is 0 Å². The molecule has 0 bridgehead atoms.